The Hall–Kier alpha value is -5.42. The van der Waals surface area contributed by atoms with E-state index in [9.17, 15) is 0 Å². The van der Waals surface area contributed by atoms with E-state index in [0.29, 0.717) is 17.5 Å². The standard InChI is InChI=1S/C37H27N5/c1-37(2)28-19-9-10-20-29(28)42-30-21-12-22-38-32(30)31(33(37)42)26-17-11-18-27(23-26)36-40-34(24-13-5-3-6-14-24)39-35(41-36)25-15-7-4-8-16-25/h3-23H,1-2H3. The maximum atomic E-state index is 4.97. The number of fused-ring (bicyclic) bond motifs is 5. The van der Waals surface area contributed by atoms with Crippen LogP contribution in [-0.4, -0.2) is 24.5 Å². The third-order valence-electron chi connectivity index (χ3n) is 8.24. The van der Waals surface area contributed by atoms with Crippen LogP contribution in [0.25, 0.3) is 62.0 Å². The first-order valence-corrected chi connectivity index (χ1v) is 14.2. The van der Waals surface area contributed by atoms with Crippen molar-refractivity contribution >= 4 is 11.0 Å². The summed E-state index contributed by atoms with van der Waals surface area (Å²) in [4.78, 5) is 19.7. The topological polar surface area (TPSA) is 56.5 Å². The molecule has 1 aliphatic heterocycles. The Morgan fingerprint density at radius 1 is 0.548 bits per heavy atom. The van der Waals surface area contributed by atoms with Crippen molar-refractivity contribution in [3.05, 3.63) is 139 Å². The van der Waals surface area contributed by atoms with Crippen LogP contribution in [0, 0.1) is 0 Å². The second kappa shape index (κ2) is 9.32. The number of benzene rings is 4. The normalized spacial score (nSPS) is 13.2. The molecule has 0 unspecified atom stereocenters. The van der Waals surface area contributed by atoms with Crippen molar-refractivity contribution in [2.24, 2.45) is 0 Å². The van der Waals surface area contributed by atoms with Crippen molar-refractivity contribution in [3.8, 4) is 51.0 Å². The molecule has 0 spiro atoms. The van der Waals surface area contributed by atoms with Gasteiger partial charge < -0.3 is 4.57 Å². The predicted molar refractivity (Wildman–Crippen MR) is 168 cm³/mol. The zero-order valence-corrected chi connectivity index (χ0v) is 23.4. The monoisotopic (exact) mass is 541 g/mol. The Bertz CT molecular complexity index is 2050. The largest absolute Gasteiger partial charge is 0.310 e. The van der Waals surface area contributed by atoms with Crippen molar-refractivity contribution in [3.63, 3.8) is 0 Å². The number of nitrogens with zero attached hydrogens (tertiary/aromatic N) is 5. The minimum Gasteiger partial charge on any atom is -0.310 e. The molecule has 0 aliphatic carbocycles. The molecule has 0 atom stereocenters. The highest BCUT2D eigenvalue weighted by molar-refractivity contribution is 5.99. The Morgan fingerprint density at radius 2 is 1.12 bits per heavy atom. The van der Waals surface area contributed by atoms with E-state index in [-0.39, 0.29) is 5.41 Å². The van der Waals surface area contributed by atoms with E-state index < -0.39 is 0 Å². The summed E-state index contributed by atoms with van der Waals surface area (Å²) < 4.78 is 2.39. The van der Waals surface area contributed by atoms with Gasteiger partial charge in [-0.3, -0.25) is 4.98 Å². The predicted octanol–water partition coefficient (Wildman–Crippen LogP) is 8.52. The summed E-state index contributed by atoms with van der Waals surface area (Å²) in [7, 11) is 0. The third-order valence-corrected chi connectivity index (χ3v) is 8.24. The minimum atomic E-state index is -0.198. The van der Waals surface area contributed by atoms with Crippen LogP contribution in [0.15, 0.2) is 128 Å². The highest BCUT2D eigenvalue weighted by Gasteiger charge is 2.40. The number of rotatable bonds is 4. The fraction of sp³-hybridized carbons (Fsp3) is 0.0811. The van der Waals surface area contributed by atoms with Crippen LogP contribution < -0.4 is 0 Å². The zero-order chi connectivity index (χ0) is 28.3. The first kappa shape index (κ1) is 24.4. The molecule has 3 aromatic heterocycles. The van der Waals surface area contributed by atoms with Crippen LogP contribution in [-0.2, 0) is 5.41 Å². The molecule has 4 aromatic carbocycles. The van der Waals surface area contributed by atoms with Crippen molar-refractivity contribution in [1.29, 1.82) is 0 Å². The highest BCUT2D eigenvalue weighted by atomic mass is 15.1. The van der Waals surface area contributed by atoms with Gasteiger partial charge in [0.15, 0.2) is 17.5 Å². The molecule has 0 bridgehead atoms. The average Bonchev–Trinajstić information content (AvgIpc) is 3.52. The van der Waals surface area contributed by atoms with Gasteiger partial charge in [0.25, 0.3) is 0 Å². The first-order chi connectivity index (χ1) is 20.6. The molecule has 0 fully saturated rings. The summed E-state index contributed by atoms with van der Waals surface area (Å²) in [6.07, 6.45) is 1.88. The number of hydrogen-bond donors (Lipinski definition) is 0. The van der Waals surface area contributed by atoms with Crippen LogP contribution in [0.1, 0.15) is 25.1 Å². The lowest BCUT2D eigenvalue weighted by Crippen LogP contribution is -2.16. The molecule has 1 aliphatic rings. The molecular weight excluding hydrogens is 514 g/mol. The van der Waals surface area contributed by atoms with Crippen LogP contribution >= 0.6 is 0 Å². The van der Waals surface area contributed by atoms with Gasteiger partial charge in [-0.2, -0.15) is 0 Å². The molecule has 5 heteroatoms. The minimum absolute atomic E-state index is 0.198. The van der Waals surface area contributed by atoms with E-state index in [0.717, 1.165) is 38.9 Å². The number of pyridine rings is 1. The molecule has 0 amide bonds. The molecule has 5 nitrogen and oxygen atoms in total. The van der Waals surface area contributed by atoms with E-state index in [1.54, 1.807) is 0 Å². The van der Waals surface area contributed by atoms with Crippen molar-refractivity contribution in [1.82, 2.24) is 24.5 Å². The lowest BCUT2D eigenvalue weighted by Gasteiger charge is -2.21. The van der Waals surface area contributed by atoms with E-state index in [2.05, 4.69) is 73.0 Å². The van der Waals surface area contributed by atoms with Gasteiger partial charge in [0.05, 0.1) is 16.7 Å². The van der Waals surface area contributed by atoms with E-state index in [1.165, 1.54) is 16.9 Å². The highest BCUT2D eigenvalue weighted by Crippen LogP contribution is 2.51. The molecule has 0 N–H and O–H groups in total. The Labute approximate surface area is 244 Å². The van der Waals surface area contributed by atoms with Crippen LogP contribution in [0.4, 0.5) is 0 Å². The average molecular weight is 542 g/mol. The molecule has 200 valence electrons. The molecule has 0 saturated carbocycles. The molecule has 4 heterocycles. The summed E-state index contributed by atoms with van der Waals surface area (Å²) in [5.74, 6) is 1.94. The SMILES string of the molecule is CC1(C)c2ccccc2-n2c1c(-c1cccc(-c3nc(-c4ccccc4)nc(-c4ccccc4)n3)c1)c1ncccc12. The summed E-state index contributed by atoms with van der Waals surface area (Å²) in [5.41, 5.74) is 10.8. The summed E-state index contributed by atoms with van der Waals surface area (Å²) >= 11 is 0. The van der Waals surface area contributed by atoms with Gasteiger partial charge in [-0.1, -0.05) is 111 Å². The quantitative estimate of drug-likeness (QED) is 0.224. The molecule has 0 saturated heterocycles. The summed E-state index contributed by atoms with van der Waals surface area (Å²) in [5, 5.41) is 0. The first-order valence-electron chi connectivity index (χ1n) is 14.2. The van der Waals surface area contributed by atoms with Crippen molar-refractivity contribution in [2.75, 3.05) is 0 Å². The number of hydrogen-bond acceptors (Lipinski definition) is 4. The van der Waals surface area contributed by atoms with Crippen LogP contribution in [0.3, 0.4) is 0 Å². The van der Waals surface area contributed by atoms with E-state index >= 15 is 0 Å². The van der Waals surface area contributed by atoms with Crippen LogP contribution in [0.2, 0.25) is 0 Å². The molecule has 7 aromatic rings. The summed E-state index contributed by atoms with van der Waals surface area (Å²) in [6.45, 7) is 4.61. The van der Waals surface area contributed by atoms with E-state index in [4.69, 9.17) is 19.9 Å². The lowest BCUT2D eigenvalue weighted by atomic mass is 9.80. The number of para-hydroxylation sites is 1. The molecular formula is C37H27N5. The molecule has 0 radical (unpaired) electrons. The second-order valence-electron chi connectivity index (χ2n) is 11.2. The van der Waals surface area contributed by atoms with Gasteiger partial charge in [0.2, 0.25) is 0 Å². The van der Waals surface area contributed by atoms with Gasteiger partial charge in [-0.15, -0.1) is 0 Å². The van der Waals surface area contributed by atoms with Gasteiger partial charge in [0.1, 0.15) is 0 Å². The molecule has 42 heavy (non-hydrogen) atoms. The summed E-state index contributed by atoms with van der Waals surface area (Å²) in [6, 6.07) is 41.6. The third kappa shape index (κ3) is 3.71. The lowest BCUT2D eigenvalue weighted by molar-refractivity contribution is 0.646. The van der Waals surface area contributed by atoms with Gasteiger partial charge >= 0.3 is 0 Å². The van der Waals surface area contributed by atoms with Crippen LogP contribution in [0.5, 0.6) is 0 Å². The maximum absolute atomic E-state index is 4.97. The van der Waals surface area contributed by atoms with Crippen molar-refractivity contribution < 1.29 is 0 Å². The number of aromatic nitrogens is 5. The smallest absolute Gasteiger partial charge is 0.164 e. The Kier molecular flexibility index (Phi) is 5.41. The fourth-order valence-corrected chi connectivity index (χ4v) is 6.31. The van der Waals surface area contributed by atoms with Gasteiger partial charge in [0, 0.05) is 39.6 Å². The maximum Gasteiger partial charge on any atom is 0.164 e. The van der Waals surface area contributed by atoms with Gasteiger partial charge in [-0.05, 0) is 35.4 Å². The zero-order valence-electron chi connectivity index (χ0n) is 23.4. The Morgan fingerprint density at radius 3 is 1.81 bits per heavy atom. The second-order valence-corrected chi connectivity index (χ2v) is 11.2. The van der Waals surface area contributed by atoms with Gasteiger partial charge in [-0.25, -0.2) is 15.0 Å². The molecule has 8 rings (SSSR count). The van der Waals surface area contributed by atoms with Crippen molar-refractivity contribution in [2.45, 2.75) is 19.3 Å². The van der Waals surface area contributed by atoms with E-state index in [1.807, 2.05) is 72.9 Å². The fourth-order valence-electron chi connectivity index (χ4n) is 6.31. The Balaban J connectivity index is 1.35.